The smallest absolute Gasteiger partial charge is 0.270 e. The first-order chi connectivity index (χ1) is 14.7. The van der Waals surface area contributed by atoms with Crippen molar-refractivity contribution in [3.8, 4) is 11.3 Å². The number of aromatic nitrogens is 3. The third kappa shape index (κ3) is 4.42. The Labute approximate surface area is 180 Å². The quantitative estimate of drug-likeness (QED) is 0.677. The molecule has 8 heteroatoms. The number of hydrogen-bond donors (Lipinski definition) is 2. The molecule has 31 heavy (non-hydrogen) atoms. The summed E-state index contributed by atoms with van der Waals surface area (Å²) >= 11 is 0. The predicted molar refractivity (Wildman–Crippen MR) is 115 cm³/mol. The first-order valence-electron chi connectivity index (χ1n) is 10.5. The van der Waals surface area contributed by atoms with Crippen molar-refractivity contribution in [2.24, 2.45) is 0 Å². The number of halogens is 1. The van der Waals surface area contributed by atoms with Gasteiger partial charge in [-0.1, -0.05) is 32.9 Å². The van der Waals surface area contributed by atoms with Gasteiger partial charge in [0.15, 0.2) is 5.65 Å². The van der Waals surface area contributed by atoms with E-state index >= 15 is 0 Å². The molecule has 2 aromatic heterocycles. The summed E-state index contributed by atoms with van der Waals surface area (Å²) in [6.45, 7) is 6.73. The fourth-order valence-electron chi connectivity index (χ4n) is 3.62. The molecule has 3 heterocycles. The second-order valence-electron chi connectivity index (χ2n) is 8.90. The number of nitrogens with zero attached hydrogens (tertiary/aromatic N) is 3. The van der Waals surface area contributed by atoms with Gasteiger partial charge < -0.3 is 10.6 Å². The van der Waals surface area contributed by atoms with Crippen LogP contribution in [0.4, 0.5) is 4.39 Å². The molecule has 1 aliphatic rings. The molecule has 0 bridgehead atoms. The Hall–Kier alpha value is -3.29. The Kier molecular flexibility index (Phi) is 5.47. The molecular weight excluding hydrogens is 397 g/mol. The zero-order valence-corrected chi connectivity index (χ0v) is 17.9. The van der Waals surface area contributed by atoms with E-state index in [1.54, 1.807) is 22.7 Å². The predicted octanol–water partition coefficient (Wildman–Crippen LogP) is 3.23. The van der Waals surface area contributed by atoms with Gasteiger partial charge in [-0.15, -0.1) is 0 Å². The van der Waals surface area contributed by atoms with E-state index in [9.17, 15) is 14.0 Å². The van der Waals surface area contributed by atoms with E-state index < -0.39 is 11.9 Å². The van der Waals surface area contributed by atoms with Gasteiger partial charge in [-0.05, 0) is 37.5 Å². The molecule has 0 aliphatic carbocycles. The van der Waals surface area contributed by atoms with Crippen molar-refractivity contribution in [1.29, 1.82) is 0 Å². The molecule has 0 saturated carbocycles. The molecular formula is C23H26FN5O2. The van der Waals surface area contributed by atoms with Gasteiger partial charge in [0.1, 0.15) is 17.6 Å². The van der Waals surface area contributed by atoms with Crippen LogP contribution in [0.1, 0.15) is 56.2 Å². The Bertz CT molecular complexity index is 1150. The lowest BCUT2D eigenvalue weighted by molar-refractivity contribution is -0.122. The average Bonchev–Trinajstić information content (AvgIpc) is 3.06. The van der Waals surface area contributed by atoms with Crippen LogP contribution in [0.3, 0.4) is 0 Å². The van der Waals surface area contributed by atoms with Crippen molar-refractivity contribution >= 4 is 17.5 Å². The van der Waals surface area contributed by atoms with Crippen molar-refractivity contribution in [3.05, 3.63) is 53.6 Å². The van der Waals surface area contributed by atoms with Crippen LogP contribution < -0.4 is 10.6 Å². The number of nitrogens with one attached hydrogen (secondary N) is 2. The van der Waals surface area contributed by atoms with Crippen LogP contribution in [0.5, 0.6) is 0 Å². The normalized spacial score (nSPS) is 17.3. The minimum absolute atomic E-state index is 0.157. The van der Waals surface area contributed by atoms with Crippen molar-refractivity contribution in [3.63, 3.8) is 0 Å². The summed E-state index contributed by atoms with van der Waals surface area (Å²) in [7, 11) is 0. The fraction of sp³-hybridized carbons (Fsp3) is 0.391. The molecule has 162 valence electrons. The van der Waals surface area contributed by atoms with Crippen LogP contribution in [0, 0.1) is 5.82 Å². The van der Waals surface area contributed by atoms with E-state index in [2.05, 4.69) is 20.7 Å². The van der Waals surface area contributed by atoms with Crippen LogP contribution in [-0.2, 0) is 10.2 Å². The highest BCUT2D eigenvalue weighted by Gasteiger charge is 2.25. The summed E-state index contributed by atoms with van der Waals surface area (Å²) in [5.41, 5.74) is 2.35. The molecule has 1 saturated heterocycles. The minimum atomic E-state index is -0.597. The number of rotatable bonds is 3. The second-order valence-corrected chi connectivity index (χ2v) is 8.90. The highest BCUT2D eigenvalue weighted by atomic mass is 19.1. The van der Waals surface area contributed by atoms with Crippen molar-refractivity contribution in [1.82, 2.24) is 25.2 Å². The maximum atomic E-state index is 13.9. The van der Waals surface area contributed by atoms with E-state index in [0.717, 1.165) is 18.5 Å². The molecule has 1 fully saturated rings. The molecule has 0 radical (unpaired) electrons. The molecule has 4 rings (SSSR count). The molecule has 1 atom stereocenters. The van der Waals surface area contributed by atoms with Crippen LogP contribution in [0.15, 0.2) is 36.4 Å². The van der Waals surface area contributed by atoms with E-state index in [1.807, 2.05) is 26.8 Å². The Morgan fingerprint density at radius 2 is 2.03 bits per heavy atom. The Balaban J connectivity index is 1.78. The number of carbonyl (C=O) groups excluding carboxylic acids is 2. The third-order valence-electron chi connectivity index (χ3n) is 5.39. The van der Waals surface area contributed by atoms with Gasteiger partial charge >= 0.3 is 0 Å². The Morgan fingerprint density at radius 3 is 2.77 bits per heavy atom. The van der Waals surface area contributed by atoms with Gasteiger partial charge in [0.25, 0.3) is 5.91 Å². The highest BCUT2D eigenvalue weighted by molar-refractivity contribution is 5.97. The maximum absolute atomic E-state index is 13.9. The molecule has 1 aromatic carbocycles. The van der Waals surface area contributed by atoms with Gasteiger partial charge in [-0.25, -0.2) is 13.9 Å². The highest BCUT2D eigenvalue weighted by Crippen LogP contribution is 2.26. The average molecular weight is 423 g/mol. The minimum Gasteiger partial charge on any atom is -0.354 e. The summed E-state index contributed by atoms with van der Waals surface area (Å²) in [6, 6.07) is 8.96. The van der Waals surface area contributed by atoms with Crippen LogP contribution in [0.2, 0.25) is 0 Å². The topological polar surface area (TPSA) is 88.4 Å². The summed E-state index contributed by atoms with van der Waals surface area (Å²) in [6.07, 6.45) is 2.32. The van der Waals surface area contributed by atoms with Gasteiger partial charge in [-0.2, -0.15) is 5.10 Å². The van der Waals surface area contributed by atoms with Crippen molar-refractivity contribution in [2.75, 3.05) is 6.54 Å². The zero-order valence-electron chi connectivity index (χ0n) is 17.9. The third-order valence-corrected chi connectivity index (χ3v) is 5.39. The number of fused-ring (bicyclic) bond motifs is 1. The second kappa shape index (κ2) is 8.09. The van der Waals surface area contributed by atoms with E-state index in [0.29, 0.717) is 29.9 Å². The first-order valence-corrected chi connectivity index (χ1v) is 10.5. The summed E-state index contributed by atoms with van der Waals surface area (Å²) in [5.74, 6) is -1.01. The molecule has 7 nitrogen and oxygen atoms in total. The summed E-state index contributed by atoms with van der Waals surface area (Å²) < 4.78 is 15.6. The molecule has 1 aliphatic heterocycles. The maximum Gasteiger partial charge on any atom is 0.270 e. The van der Waals surface area contributed by atoms with Gasteiger partial charge in [0, 0.05) is 23.6 Å². The monoisotopic (exact) mass is 423 g/mol. The van der Waals surface area contributed by atoms with Gasteiger partial charge in [0.2, 0.25) is 5.91 Å². The molecule has 0 spiro atoms. The number of hydrogen-bond acceptors (Lipinski definition) is 4. The molecule has 1 unspecified atom stereocenters. The molecule has 2 N–H and O–H groups in total. The lowest BCUT2D eigenvalue weighted by Gasteiger charge is -2.15. The lowest BCUT2D eigenvalue weighted by Crippen LogP contribution is -2.45. The van der Waals surface area contributed by atoms with Crippen molar-refractivity contribution in [2.45, 2.75) is 51.5 Å². The van der Waals surface area contributed by atoms with E-state index in [-0.39, 0.29) is 22.8 Å². The van der Waals surface area contributed by atoms with E-state index in [1.165, 1.54) is 12.1 Å². The molecule has 2 amide bonds. The van der Waals surface area contributed by atoms with Crippen molar-refractivity contribution < 1.29 is 14.0 Å². The van der Waals surface area contributed by atoms with Gasteiger partial charge in [-0.3, -0.25) is 9.59 Å². The summed E-state index contributed by atoms with van der Waals surface area (Å²) in [5, 5.41) is 10.3. The lowest BCUT2D eigenvalue weighted by atomic mass is 9.93. The molecule has 3 aromatic rings. The fourth-order valence-corrected chi connectivity index (χ4v) is 3.62. The number of carbonyl (C=O) groups is 2. The largest absolute Gasteiger partial charge is 0.354 e. The van der Waals surface area contributed by atoms with Crippen LogP contribution >= 0.6 is 0 Å². The standard InChI is InChI=1S/C23H26FN5O2/c1-23(2,3)19-13-20-26-17(22(31)27-16-9-4-5-10-25-21(16)30)12-18(29(20)28-19)14-7-6-8-15(24)11-14/h6-8,11-13,16H,4-5,9-10H2,1-3H3,(H,25,30)(H,27,31). The van der Waals surface area contributed by atoms with E-state index in [4.69, 9.17) is 0 Å². The van der Waals surface area contributed by atoms with Crippen LogP contribution in [0.25, 0.3) is 16.9 Å². The number of benzene rings is 1. The summed E-state index contributed by atoms with van der Waals surface area (Å²) in [4.78, 5) is 29.7. The Morgan fingerprint density at radius 1 is 1.23 bits per heavy atom. The van der Waals surface area contributed by atoms with Gasteiger partial charge in [0.05, 0.1) is 11.4 Å². The zero-order chi connectivity index (χ0) is 22.2. The SMILES string of the molecule is CC(C)(C)c1cc2nc(C(=O)NC3CCCCNC3=O)cc(-c3cccc(F)c3)n2n1. The number of amides is 2. The first kappa shape index (κ1) is 21.0. The van der Waals surface area contributed by atoms with Crippen LogP contribution in [-0.4, -0.2) is 39.0 Å².